The predicted molar refractivity (Wildman–Crippen MR) is 90.6 cm³/mol. The van der Waals surface area contributed by atoms with Crippen LogP contribution in [-0.2, 0) is 20.8 Å². The van der Waals surface area contributed by atoms with Crippen LogP contribution in [-0.4, -0.2) is 59.2 Å². The number of rotatable bonds is 3. The molecule has 24 heavy (non-hydrogen) atoms. The van der Waals surface area contributed by atoms with Gasteiger partial charge in [0, 0.05) is 35.3 Å². The number of carbonyl (C=O) groups is 1. The van der Waals surface area contributed by atoms with Crippen molar-refractivity contribution < 1.29 is 17.4 Å². The second kappa shape index (κ2) is 6.77. The summed E-state index contributed by atoms with van der Waals surface area (Å²) in [6, 6.07) is 2.54. The molecule has 0 spiro atoms. The standard InChI is InChI=1S/C14H20N4O4S2/c1-15-24(21,22)12-4-5-13(16-8-12)17-14(19)18-7-6-10-2-3-11(9-18)23(10)20/h4-5,8,10-11,15H,2-3,6-7,9H2,1H3,(H,16,17,19). The largest absolute Gasteiger partial charge is 0.323 e. The summed E-state index contributed by atoms with van der Waals surface area (Å²) >= 11 is 0. The Labute approximate surface area is 143 Å². The lowest BCUT2D eigenvalue weighted by atomic mass is 10.1. The predicted octanol–water partition coefficient (Wildman–Crippen LogP) is 0.507. The summed E-state index contributed by atoms with van der Waals surface area (Å²) in [5, 5.41) is 2.93. The number of carbonyl (C=O) groups excluding carboxylic acids is 1. The van der Waals surface area contributed by atoms with Crippen LogP contribution in [0.4, 0.5) is 10.6 Å². The zero-order valence-electron chi connectivity index (χ0n) is 13.3. The fraction of sp³-hybridized carbons (Fsp3) is 0.571. The number of anilines is 1. The molecule has 3 heterocycles. The number of urea groups is 1. The molecule has 0 radical (unpaired) electrons. The Morgan fingerprint density at radius 2 is 2.04 bits per heavy atom. The Kier molecular flexibility index (Phi) is 4.88. The van der Waals surface area contributed by atoms with Gasteiger partial charge in [-0.25, -0.2) is 22.9 Å². The molecular formula is C14H20N4O4S2. The lowest BCUT2D eigenvalue weighted by Gasteiger charge is -2.24. The first-order valence-electron chi connectivity index (χ1n) is 7.75. The maximum Gasteiger partial charge on any atom is 0.323 e. The Morgan fingerprint density at radius 3 is 2.71 bits per heavy atom. The number of sulfonamides is 1. The Bertz CT molecular complexity index is 751. The molecule has 3 unspecified atom stereocenters. The highest BCUT2D eigenvalue weighted by Crippen LogP contribution is 2.30. The lowest BCUT2D eigenvalue weighted by Crippen LogP contribution is -2.40. The number of pyridine rings is 1. The van der Waals surface area contributed by atoms with Crippen LogP contribution >= 0.6 is 0 Å². The van der Waals surface area contributed by atoms with Crippen molar-refractivity contribution in [2.24, 2.45) is 0 Å². The molecule has 1 aromatic rings. The average molecular weight is 372 g/mol. The summed E-state index contributed by atoms with van der Waals surface area (Å²) in [6.45, 7) is 1.06. The maximum atomic E-state index is 12.4. The van der Waals surface area contributed by atoms with E-state index in [1.165, 1.54) is 25.4 Å². The SMILES string of the molecule is CNS(=O)(=O)c1ccc(NC(=O)N2CCC3CCC(C2)S3=O)nc1. The van der Waals surface area contributed by atoms with Crippen molar-refractivity contribution in [3.63, 3.8) is 0 Å². The number of nitrogens with zero attached hydrogens (tertiary/aromatic N) is 2. The van der Waals surface area contributed by atoms with Gasteiger partial charge in [-0.3, -0.25) is 9.53 Å². The molecule has 3 atom stereocenters. The smallest absolute Gasteiger partial charge is 0.323 e. The van der Waals surface area contributed by atoms with Gasteiger partial charge >= 0.3 is 6.03 Å². The van der Waals surface area contributed by atoms with E-state index in [1.807, 2.05) is 0 Å². The van der Waals surface area contributed by atoms with E-state index in [9.17, 15) is 17.4 Å². The molecule has 8 nitrogen and oxygen atoms in total. The van der Waals surface area contributed by atoms with Gasteiger partial charge in [-0.2, -0.15) is 0 Å². The molecule has 0 aromatic carbocycles. The number of hydrogen-bond donors (Lipinski definition) is 2. The molecule has 0 aliphatic carbocycles. The second-order valence-corrected chi connectivity index (χ2v) is 9.78. The monoisotopic (exact) mass is 372 g/mol. The quantitative estimate of drug-likeness (QED) is 0.803. The summed E-state index contributed by atoms with van der Waals surface area (Å²) in [4.78, 5) is 18.1. The molecular weight excluding hydrogens is 352 g/mol. The summed E-state index contributed by atoms with van der Waals surface area (Å²) < 4.78 is 37.7. The van der Waals surface area contributed by atoms with E-state index in [-0.39, 0.29) is 27.2 Å². The van der Waals surface area contributed by atoms with E-state index in [0.29, 0.717) is 13.1 Å². The van der Waals surface area contributed by atoms with Gasteiger partial charge in [0.2, 0.25) is 10.0 Å². The highest BCUT2D eigenvalue weighted by atomic mass is 32.2. The molecule has 2 N–H and O–H groups in total. The van der Waals surface area contributed by atoms with Crippen LogP contribution in [0.5, 0.6) is 0 Å². The summed E-state index contributed by atoms with van der Waals surface area (Å²) in [7, 11) is -3.07. The van der Waals surface area contributed by atoms with Crippen LogP contribution in [0.1, 0.15) is 19.3 Å². The van der Waals surface area contributed by atoms with Gasteiger partial charge in [0.1, 0.15) is 10.7 Å². The first-order valence-corrected chi connectivity index (χ1v) is 10.5. The van der Waals surface area contributed by atoms with E-state index >= 15 is 0 Å². The molecule has 10 heteroatoms. The van der Waals surface area contributed by atoms with Crippen molar-refractivity contribution in [3.8, 4) is 0 Å². The van der Waals surface area contributed by atoms with Crippen LogP contribution in [0, 0.1) is 0 Å². The summed E-state index contributed by atoms with van der Waals surface area (Å²) in [5.41, 5.74) is 0. The molecule has 2 amide bonds. The minimum absolute atomic E-state index is 0.0329. The number of aromatic nitrogens is 1. The zero-order chi connectivity index (χ0) is 17.3. The van der Waals surface area contributed by atoms with Crippen molar-refractivity contribution in [1.29, 1.82) is 0 Å². The van der Waals surface area contributed by atoms with Gasteiger partial charge in [0.25, 0.3) is 0 Å². The fourth-order valence-corrected chi connectivity index (χ4v) is 5.66. The first kappa shape index (κ1) is 17.3. The van der Waals surface area contributed by atoms with Gasteiger partial charge in [-0.15, -0.1) is 0 Å². The molecule has 2 fully saturated rings. The van der Waals surface area contributed by atoms with Crippen LogP contribution in [0.2, 0.25) is 0 Å². The van der Waals surface area contributed by atoms with E-state index in [0.717, 1.165) is 19.3 Å². The van der Waals surface area contributed by atoms with Crippen molar-refractivity contribution in [2.75, 3.05) is 25.5 Å². The number of fused-ring (bicyclic) bond motifs is 2. The zero-order valence-corrected chi connectivity index (χ0v) is 14.9. The molecule has 132 valence electrons. The summed E-state index contributed by atoms with van der Waals surface area (Å²) in [5.74, 6) is 0.283. The highest BCUT2D eigenvalue weighted by Gasteiger charge is 2.38. The minimum atomic E-state index is -3.55. The third-order valence-electron chi connectivity index (χ3n) is 4.45. The third kappa shape index (κ3) is 3.45. The van der Waals surface area contributed by atoms with Crippen LogP contribution < -0.4 is 10.0 Å². The lowest BCUT2D eigenvalue weighted by molar-refractivity contribution is 0.209. The number of likely N-dealkylation sites (tertiary alicyclic amines) is 1. The van der Waals surface area contributed by atoms with Gasteiger partial charge in [-0.05, 0) is 38.4 Å². The normalized spacial score (nSPS) is 26.9. The molecule has 0 saturated carbocycles. The Balaban J connectivity index is 1.66. The topological polar surface area (TPSA) is 108 Å². The highest BCUT2D eigenvalue weighted by molar-refractivity contribution is 7.89. The number of nitrogens with one attached hydrogen (secondary N) is 2. The van der Waals surface area contributed by atoms with Crippen LogP contribution in [0.15, 0.2) is 23.2 Å². The molecule has 2 saturated heterocycles. The van der Waals surface area contributed by atoms with Crippen molar-refractivity contribution in [3.05, 3.63) is 18.3 Å². The molecule has 2 aliphatic rings. The molecule has 2 bridgehead atoms. The van der Waals surface area contributed by atoms with Crippen LogP contribution in [0.3, 0.4) is 0 Å². The van der Waals surface area contributed by atoms with Crippen molar-refractivity contribution >= 4 is 32.7 Å². The minimum Gasteiger partial charge on any atom is -0.323 e. The molecule has 1 aromatic heterocycles. The Morgan fingerprint density at radius 1 is 1.29 bits per heavy atom. The van der Waals surface area contributed by atoms with Gasteiger partial charge in [-0.1, -0.05) is 0 Å². The van der Waals surface area contributed by atoms with Crippen molar-refractivity contribution in [2.45, 2.75) is 34.7 Å². The second-order valence-electron chi connectivity index (χ2n) is 5.90. The van der Waals surface area contributed by atoms with Crippen LogP contribution in [0.25, 0.3) is 0 Å². The average Bonchev–Trinajstić information content (AvgIpc) is 2.80. The van der Waals surface area contributed by atoms with E-state index < -0.39 is 20.8 Å². The number of amides is 2. The maximum absolute atomic E-state index is 12.4. The third-order valence-corrected chi connectivity index (χ3v) is 8.02. The molecule has 2 aliphatic heterocycles. The summed E-state index contributed by atoms with van der Waals surface area (Å²) in [6.07, 6.45) is 3.83. The molecule has 3 rings (SSSR count). The van der Waals surface area contributed by atoms with E-state index in [4.69, 9.17) is 0 Å². The fourth-order valence-electron chi connectivity index (χ4n) is 3.04. The van der Waals surface area contributed by atoms with E-state index in [2.05, 4.69) is 15.0 Å². The number of hydrogen-bond acceptors (Lipinski definition) is 5. The van der Waals surface area contributed by atoms with Gasteiger partial charge < -0.3 is 4.90 Å². The van der Waals surface area contributed by atoms with E-state index in [1.54, 1.807) is 4.90 Å². The van der Waals surface area contributed by atoms with Crippen molar-refractivity contribution in [1.82, 2.24) is 14.6 Å². The van der Waals surface area contributed by atoms with Gasteiger partial charge in [0.05, 0.1) is 5.25 Å². The first-order chi connectivity index (χ1) is 11.4. The Hall–Kier alpha value is -1.52. The van der Waals surface area contributed by atoms with Gasteiger partial charge in [0.15, 0.2) is 0 Å².